The average Bonchev–Trinajstić information content (AvgIpc) is 2.74. The summed E-state index contributed by atoms with van der Waals surface area (Å²) in [6.45, 7) is 0.365. The van der Waals surface area contributed by atoms with Crippen molar-refractivity contribution in [2.24, 2.45) is 5.41 Å². The van der Waals surface area contributed by atoms with Crippen molar-refractivity contribution in [2.45, 2.75) is 18.0 Å². The first-order valence-electron chi connectivity index (χ1n) is 9.07. The molecular weight excluding hydrogens is 416 g/mol. The second kappa shape index (κ2) is 8.52. The number of thioether (sulfide) groups is 1. The molecule has 1 aromatic rings. The predicted molar refractivity (Wildman–Crippen MR) is 104 cm³/mol. The van der Waals surface area contributed by atoms with Crippen LogP contribution in [0.2, 0.25) is 0 Å². The highest BCUT2D eigenvalue weighted by molar-refractivity contribution is 8.00. The third-order valence-corrected chi connectivity index (χ3v) is 6.59. The molecule has 3 rings (SSSR count). The van der Waals surface area contributed by atoms with E-state index in [2.05, 4.69) is 5.32 Å². The van der Waals surface area contributed by atoms with Crippen LogP contribution in [0.4, 0.5) is 0 Å². The maximum absolute atomic E-state index is 12.8. The number of para-hydroxylation sites is 1. The third kappa shape index (κ3) is 3.94. The number of nitrogens with one attached hydrogen (secondary N) is 1. The molecule has 0 aliphatic carbocycles. The van der Waals surface area contributed by atoms with Crippen LogP contribution < -0.4 is 10.1 Å². The quantitative estimate of drug-likeness (QED) is 0.329. The summed E-state index contributed by atoms with van der Waals surface area (Å²) >= 11 is 1.14. The molecule has 3 atom stereocenters. The Bertz CT molecular complexity index is 850. The summed E-state index contributed by atoms with van der Waals surface area (Å²) in [6.07, 6.45) is 0. The van der Waals surface area contributed by atoms with Gasteiger partial charge in [0.2, 0.25) is 0 Å². The Morgan fingerprint density at radius 3 is 2.60 bits per heavy atom. The Balaban J connectivity index is 1.66. The van der Waals surface area contributed by atoms with Crippen molar-refractivity contribution in [2.75, 3.05) is 32.6 Å². The van der Waals surface area contributed by atoms with Gasteiger partial charge in [0.1, 0.15) is 23.1 Å². The van der Waals surface area contributed by atoms with E-state index in [4.69, 9.17) is 14.2 Å². The molecule has 2 saturated heterocycles. The van der Waals surface area contributed by atoms with Crippen molar-refractivity contribution in [3.8, 4) is 5.75 Å². The van der Waals surface area contributed by atoms with Crippen LogP contribution in [0.5, 0.6) is 5.75 Å². The fraction of sp³-hybridized carbons (Fsp3) is 0.474. The largest absolute Gasteiger partial charge is 0.484 e. The van der Waals surface area contributed by atoms with E-state index in [0.717, 1.165) is 11.8 Å². The van der Waals surface area contributed by atoms with Gasteiger partial charge in [-0.3, -0.25) is 19.2 Å². The Kier molecular flexibility index (Phi) is 6.22. The van der Waals surface area contributed by atoms with Crippen molar-refractivity contribution < 1.29 is 38.5 Å². The highest BCUT2D eigenvalue weighted by atomic mass is 32.2. The van der Waals surface area contributed by atoms with Gasteiger partial charge in [0.25, 0.3) is 17.5 Å². The van der Waals surface area contributed by atoms with Crippen molar-refractivity contribution in [3.63, 3.8) is 0 Å². The van der Waals surface area contributed by atoms with Crippen LogP contribution in [-0.2, 0) is 28.7 Å². The molecule has 2 amide bonds. The Morgan fingerprint density at radius 2 is 2.00 bits per heavy atom. The monoisotopic (exact) mass is 438 g/mol. The number of amides is 2. The standard InChI is InChI=1S/C19H22N2O8S/c1-12(22)29-10-18(17(25)26)9-21-15(24)19(27-2,16(21)30-11-18)20-14(23)8-28-13-6-4-3-5-7-13/h3-7,16H,8-11H2,1-2H3,(H,20,23)(H,25,26)/t16-,18?,19?/m1/s1. The minimum absolute atomic E-state index is 0.0750. The highest BCUT2D eigenvalue weighted by Crippen LogP contribution is 2.47. The number of esters is 1. The van der Waals surface area contributed by atoms with Gasteiger partial charge < -0.3 is 29.5 Å². The summed E-state index contributed by atoms with van der Waals surface area (Å²) in [5, 5.41) is 11.6. The summed E-state index contributed by atoms with van der Waals surface area (Å²) in [4.78, 5) is 49.5. The van der Waals surface area contributed by atoms with Gasteiger partial charge in [-0.15, -0.1) is 11.8 Å². The second-order valence-corrected chi connectivity index (χ2v) is 8.12. The fourth-order valence-electron chi connectivity index (χ4n) is 3.33. The number of methoxy groups -OCH3 is 1. The molecule has 2 N–H and O–H groups in total. The highest BCUT2D eigenvalue weighted by Gasteiger charge is 2.67. The first-order chi connectivity index (χ1) is 14.2. The van der Waals surface area contributed by atoms with E-state index in [9.17, 15) is 24.3 Å². The SMILES string of the molecule is COC1(NC(=O)COc2ccccc2)C(=O)N2CC(COC(C)=O)(C(=O)O)CS[C@@H]21. The van der Waals surface area contributed by atoms with Crippen molar-refractivity contribution >= 4 is 35.5 Å². The van der Waals surface area contributed by atoms with Gasteiger partial charge >= 0.3 is 11.9 Å². The Labute approximate surface area is 176 Å². The molecule has 1 aromatic carbocycles. The topological polar surface area (TPSA) is 131 Å². The van der Waals surface area contributed by atoms with Gasteiger partial charge in [-0.2, -0.15) is 0 Å². The molecule has 0 aromatic heterocycles. The van der Waals surface area contributed by atoms with Crippen LogP contribution in [0.25, 0.3) is 0 Å². The Morgan fingerprint density at radius 1 is 1.30 bits per heavy atom. The van der Waals surface area contributed by atoms with Gasteiger partial charge in [-0.1, -0.05) is 18.2 Å². The molecule has 0 radical (unpaired) electrons. The number of carboxylic acid groups (broad SMARTS) is 1. The van der Waals surface area contributed by atoms with Crippen LogP contribution >= 0.6 is 11.8 Å². The molecule has 2 unspecified atom stereocenters. The molecule has 0 saturated carbocycles. The first kappa shape index (κ1) is 21.9. The smallest absolute Gasteiger partial charge is 0.315 e. The van der Waals surface area contributed by atoms with E-state index in [1.165, 1.54) is 18.9 Å². The lowest BCUT2D eigenvalue weighted by Crippen LogP contribution is -2.83. The molecule has 2 heterocycles. The van der Waals surface area contributed by atoms with E-state index in [1.807, 2.05) is 6.07 Å². The number of hydrogen-bond donors (Lipinski definition) is 2. The number of fused-ring (bicyclic) bond motifs is 1. The van der Waals surface area contributed by atoms with Crippen molar-refractivity contribution in [1.82, 2.24) is 10.2 Å². The van der Waals surface area contributed by atoms with Crippen LogP contribution in [0.1, 0.15) is 6.92 Å². The number of rotatable bonds is 8. The minimum Gasteiger partial charge on any atom is -0.484 e. The Hall–Kier alpha value is -2.79. The fourth-order valence-corrected chi connectivity index (χ4v) is 4.95. The summed E-state index contributed by atoms with van der Waals surface area (Å²) in [7, 11) is 1.30. The molecule has 30 heavy (non-hydrogen) atoms. The van der Waals surface area contributed by atoms with Gasteiger partial charge in [-0.25, -0.2) is 0 Å². The molecule has 10 nitrogen and oxygen atoms in total. The first-order valence-corrected chi connectivity index (χ1v) is 10.1. The molecule has 0 spiro atoms. The van der Waals surface area contributed by atoms with Crippen LogP contribution in [0, 0.1) is 5.41 Å². The number of benzene rings is 1. The van der Waals surface area contributed by atoms with Crippen LogP contribution in [0.3, 0.4) is 0 Å². The van der Waals surface area contributed by atoms with E-state index in [1.54, 1.807) is 24.3 Å². The second-order valence-electron chi connectivity index (χ2n) is 7.05. The van der Waals surface area contributed by atoms with E-state index < -0.39 is 40.3 Å². The number of hydrogen-bond acceptors (Lipinski definition) is 8. The summed E-state index contributed by atoms with van der Waals surface area (Å²) in [6, 6.07) is 8.73. The van der Waals surface area contributed by atoms with Crippen LogP contribution in [-0.4, -0.2) is 77.5 Å². The molecule has 2 fully saturated rings. The number of carbonyl (C=O) groups excluding carboxylic acids is 3. The molecule has 2 aliphatic rings. The number of β-lactam (4-membered cyclic amide) rings is 1. The molecule has 162 valence electrons. The summed E-state index contributed by atoms with van der Waals surface area (Å²) in [5.74, 6) is -2.31. The minimum atomic E-state index is -1.60. The lowest BCUT2D eigenvalue weighted by atomic mass is 9.87. The third-order valence-electron chi connectivity index (χ3n) is 4.97. The lowest BCUT2D eigenvalue weighted by Gasteiger charge is -2.58. The van der Waals surface area contributed by atoms with Crippen LogP contribution in [0.15, 0.2) is 30.3 Å². The zero-order chi connectivity index (χ0) is 21.9. The van der Waals surface area contributed by atoms with Crippen molar-refractivity contribution in [1.29, 1.82) is 0 Å². The normalized spacial score (nSPS) is 27.5. The average molecular weight is 438 g/mol. The summed E-state index contributed by atoms with van der Waals surface area (Å²) < 4.78 is 15.7. The number of nitrogens with zero attached hydrogens (tertiary/aromatic N) is 1. The maximum Gasteiger partial charge on any atom is 0.315 e. The van der Waals surface area contributed by atoms with E-state index >= 15 is 0 Å². The number of carboxylic acids is 1. The van der Waals surface area contributed by atoms with E-state index in [-0.39, 0.29) is 25.5 Å². The zero-order valence-electron chi connectivity index (χ0n) is 16.5. The van der Waals surface area contributed by atoms with Gasteiger partial charge in [-0.05, 0) is 12.1 Å². The maximum atomic E-state index is 12.8. The lowest BCUT2D eigenvalue weighted by molar-refractivity contribution is -0.202. The molecule has 0 bridgehead atoms. The number of aliphatic carboxylic acids is 1. The van der Waals surface area contributed by atoms with Gasteiger partial charge in [0, 0.05) is 26.3 Å². The van der Waals surface area contributed by atoms with E-state index in [0.29, 0.717) is 5.75 Å². The van der Waals surface area contributed by atoms with Crippen molar-refractivity contribution in [3.05, 3.63) is 30.3 Å². The van der Waals surface area contributed by atoms with Gasteiger partial charge in [0.05, 0.1) is 0 Å². The number of carbonyl (C=O) groups is 4. The molecule has 11 heteroatoms. The zero-order valence-corrected chi connectivity index (χ0v) is 17.3. The molecular formula is C19H22N2O8S. The number of ether oxygens (including phenoxy) is 3. The summed E-state index contributed by atoms with van der Waals surface area (Å²) in [5.41, 5.74) is -3.03. The van der Waals surface area contributed by atoms with Gasteiger partial charge in [0.15, 0.2) is 6.61 Å². The molecule has 2 aliphatic heterocycles. The predicted octanol–water partition coefficient (Wildman–Crippen LogP) is 0.0735.